The summed E-state index contributed by atoms with van der Waals surface area (Å²) in [6.07, 6.45) is 0. The summed E-state index contributed by atoms with van der Waals surface area (Å²) in [7, 11) is 2.12. The quantitative estimate of drug-likeness (QED) is 0.184. The molecular formula is C41H33N5. The number of H-pyrrole nitrogens is 2. The Morgan fingerprint density at radius 3 is 1.07 bits per heavy atom. The van der Waals surface area contributed by atoms with Gasteiger partial charge in [-0.3, -0.25) is 4.90 Å². The van der Waals surface area contributed by atoms with Gasteiger partial charge in [0.15, 0.2) is 0 Å². The molecule has 2 heterocycles. The lowest BCUT2D eigenvalue weighted by Crippen LogP contribution is -2.18. The first kappa shape index (κ1) is 27.7. The SMILES string of the molecule is CN(Cc1nc2c(-c3ccccc3)ccc(-c3ccccc3)c2[nH]1)Cc1nc2c(-c3ccccc3)ccc(-c3ccccc3)c2[nH]1. The van der Waals surface area contributed by atoms with Crippen LogP contribution >= 0.6 is 0 Å². The highest BCUT2D eigenvalue weighted by molar-refractivity contribution is 6.02. The van der Waals surface area contributed by atoms with Crippen LogP contribution in [0.2, 0.25) is 0 Å². The third-order valence-electron chi connectivity index (χ3n) is 8.57. The van der Waals surface area contributed by atoms with E-state index in [1.54, 1.807) is 0 Å². The normalized spacial score (nSPS) is 11.5. The highest BCUT2D eigenvalue weighted by Crippen LogP contribution is 2.36. The Hall–Kier alpha value is -5.78. The molecule has 0 aliphatic carbocycles. The Morgan fingerprint density at radius 1 is 0.413 bits per heavy atom. The lowest BCUT2D eigenvalue weighted by atomic mass is 9.98. The molecule has 2 aromatic heterocycles. The zero-order valence-electron chi connectivity index (χ0n) is 25.6. The van der Waals surface area contributed by atoms with Crippen LogP contribution in [0.4, 0.5) is 0 Å². The number of benzene rings is 6. The van der Waals surface area contributed by atoms with Crippen LogP contribution in [0.3, 0.4) is 0 Å². The van der Waals surface area contributed by atoms with E-state index in [9.17, 15) is 0 Å². The first-order chi connectivity index (χ1) is 22.7. The van der Waals surface area contributed by atoms with E-state index >= 15 is 0 Å². The van der Waals surface area contributed by atoms with Crippen molar-refractivity contribution in [2.45, 2.75) is 13.1 Å². The average Bonchev–Trinajstić information content (AvgIpc) is 3.73. The number of fused-ring (bicyclic) bond motifs is 2. The van der Waals surface area contributed by atoms with Crippen LogP contribution in [0, 0.1) is 0 Å². The van der Waals surface area contributed by atoms with Gasteiger partial charge in [0.25, 0.3) is 0 Å². The average molecular weight is 596 g/mol. The first-order valence-corrected chi connectivity index (χ1v) is 15.6. The van der Waals surface area contributed by atoms with Crippen LogP contribution in [0.15, 0.2) is 146 Å². The molecule has 0 amide bonds. The van der Waals surface area contributed by atoms with E-state index in [4.69, 9.17) is 9.97 Å². The van der Waals surface area contributed by atoms with Gasteiger partial charge in [-0.25, -0.2) is 9.97 Å². The van der Waals surface area contributed by atoms with Crippen LogP contribution in [-0.4, -0.2) is 31.9 Å². The fraction of sp³-hybridized carbons (Fsp3) is 0.0732. The summed E-state index contributed by atoms with van der Waals surface area (Å²) in [4.78, 5) is 20.0. The summed E-state index contributed by atoms with van der Waals surface area (Å²) in [6.45, 7) is 1.29. The van der Waals surface area contributed by atoms with Gasteiger partial charge in [-0.1, -0.05) is 146 Å². The standard InChI is InChI=1S/C41H33N5/c1-46(26-36-42-38-32(28-14-6-2-7-15-28)22-23-33(39(38)43-36)29-16-8-3-9-17-29)27-37-44-40-34(30-18-10-4-11-19-30)24-25-35(41(40)45-37)31-20-12-5-13-21-31/h2-25H,26-27H2,1H3,(H,42,43)(H,44,45). The third-order valence-corrected chi connectivity index (χ3v) is 8.57. The van der Waals surface area contributed by atoms with E-state index in [2.05, 4.69) is 155 Å². The molecule has 0 spiro atoms. The Bertz CT molecular complexity index is 1940. The number of hydrogen-bond acceptors (Lipinski definition) is 3. The van der Waals surface area contributed by atoms with Gasteiger partial charge in [0.1, 0.15) is 11.6 Å². The first-order valence-electron chi connectivity index (χ1n) is 15.6. The molecule has 0 aliphatic heterocycles. The predicted octanol–water partition coefficient (Wildman–Crippen LogP) is 9.74. The van der Waals surface area contributed by atoms with Crippen molar-refractivity contribution in [2.24, 2.45) is 0 Å². The van der Waals surface area contributed by atoms with Gasteiger partial charge in [0, 0.05) is 22.3 Å². The number of nitrogens with zero attached hydrogens (tertiary/aromatic N) is 3. The molecule has 0 saturated carbocycles. The van der Waals surface area contributed by atoms with Crippen LogP contribution in [0.25, 0.3) is 66.6 Å². The highest BCUT2D eigenvalue weighted by Gasteiger charge is 2.18. The second-order valence-corrected chi connectivity index (χ2v) is 11.8. The fourth-order valence-electron chi connectivity index (χ4n) is 6.42. The Morgan fingerprint density at radius 2 is 0.717 bits per heavy atom. The molecule has 46 heavy (non-hydrogen) atoms. The van der Waals surface area contributed by atoms with E-state index in [1.165, 1.54) is 11.1 Å². The molecule has 5 nitrogen and oxygen atoms in total. The Balaban J connectivity index is 1.15. The lowest BCUT2D eigenvalue weighted by Gasteiger charge is -2.13. The zero-order chi connectivity index (χ0) is 30.9. The number of nitrogens with one attached hydrogen (secondary N) is 2. The Kier molecular flexibility index (Phi) is 7.21. The molecule has 0 fully saturated rings. The van der Waals surface area contributed by atoms with E-state index in [1.807, 2.05) is 12.1 Å². The number of rotatable bonds is 8. The number of hydrogen-bond donors (Lipinski definition) is 2. The number of aromatic nitrogens is 4. The third kappa shape index (κ3) is 5.27. The maximum atomic E-state index is 5.18. The fourth-order valence-corrected chi connectivity index (χ4v) is 6.42. The van der Waals surface area contributed by atoms with Crippen molar-refractivity contribution in [2.75, 3.05) is 7.05 Å². The molecule has 0 atom stereocenters. The van der Waals surface area contributed by atoms with Crippen molar-refractivity contribution in [1.29, 1.82) is 0 Å². The molecule has 8 rings (SSSR count). The van der Waals surface area contributed by atoms with E-state index in [0.29, 0.717) is 13.1 Å². The van der Waals surface area contributed by atoms with Crippen molar-refractivity contribution >= 4 is 22.1 Å². The second-order valence-electron chi connectivity index (χ2n) is 11.8. The summed E-state index contributed by atoms with van der Waals surface area (Å²) in [5, 5.41) is 0. The molecule has 2 N–H and O–H groups in total. The molecule has 0 bridgehead atoms. The number of imidazole rings is 2. The molecule has 0 aliphatic rings. The minimum Gasteiger partial charge on any atom is -0.340 e. The van der Waals surface area contributed by atoms with Gasteiger partial charge in [0.05, 0.1) is 35.2 Å². The molecule has 0 radical (unpaired) electrons. The largest absolute Gasteiger partial charge is 0.340 e. The summed E-state index contributed by atoms with van der Waals surface area (Å²) >= 11 is 0. The van der Waals surface area contributed by atoms with Gasteiger partial charge in [-0.2, -0.15) is 0 Å². The summed E-state index contributed by atoms with van der Waals surface area (Å²) in [5.74, 6) is 1.84. The maximum absolute atomic E-state index is 5.18. The van der Waals surface area contributed by atoms with Crippen molar-refractivity contribution in [3.63, 3.8) is 0 Å². The maximum Gasteiger partial charge on any atom is 0.121 e. The highest BCUT2D eigenvalue weighted by atomic mass is 15.1. The smallest absolute Gasteiger partial charge is 0.121 e. The van der Waals surface area contributed by atoms with Gasteiger partial charge < -0.3 is 9.97 Å². The molecule has 0 unspecified atom stereocenters. The van der Waals surface area contributed by atoms with Crippen molar-refractivity contribution < 1.29 is 0 Å². The van der Waals surface area contributed by atoms with E-state index in [-0.39, 0.29) is 0 Å². The van der Waals surface area contributed by atoms with Gasteiger partial charge >= 0.3 is 0 Å². The molecule has 6 aromatic carbocycles. The summed E-state index contributed by atoms with van der Waals surface area (Å²) in [5.41, 5.74) is 13.3. The van der Waals surface area contributed by atoms with Crippen LogP contribution < -0.4 is 0 Å². The van der Waals surface area contributed by atoms with Gasteiger partial charge in [-0.05, 0) is 29.3 Å². The predicted molar refractivity (Wildman–Crippen MR) is 189 cm³/mol. The van der Waals surface area contributed by atoms with Crippen molar-refractivity contribution in [3.05, 3.63) is 157 Å². The summed E-state index contributed by atoms with van der Waals surface area (Å²) in [6, 6.07) is 50.8. The molecule has 222 valence electrons. The minimum atomic E-state index is 0.644. The van der Waals surface area contributed by atoms with Crippen LogP contribution in [0.1, 0.15) is 11.6 Å². The topological polar surface area (TPSA) is 60.6 Å². The van der Waals surface area contributed by atoms with Crippen LogP contribution in [-0.2, 0) is 13.1 Å². The second kappa shape index (κ2) is 12.0. The monoisotopic (exact) mass is 595 g/mol. The van der Waals surface area contributed by atoms with E-state index < -0.39 is 0 Å². The number of aromatic amines is 2. The minimum absolute atomic E-state index is 0.644. The van der Waals surface area contributed by atoms with E-state index in [0.717, 1.165) is 67.1 Å². The molecule has 5 heteroatoms. The summed E-state index contributed by atoms with van der Waals surface area (Å²) < 4.78 is 0. The van der Waals surface area contributed by atoms with Gasteiger partial charge in [0.2, 0.25) is 0 Å². The molecule has 8 aromatic rings. The molecule has 0 saturated heterocycles. The lowest BCUT2D eigenvalue weighted by molar-refractivity contribution is 0.305. The van der Waals surface area contributed by atoms with Crippen molar-refractivity contribution in [3.8, 4) is 44.5 Å². The van der Waals surface area contributed by atoms with Gasteiger partial charge in [-0.15, -0.1) is 0 Å². The van der Waals surface area contributed by atoms with Crippen LogP contribution in [0.5, 0.6) is 0 Å². The zero-order valence-corrected chi connectivity index (χ0v) is 25.6. The Labute approximate surface area is 268 Å². The molecular weight excluding hydrogens is 562 g/mol. The van der Waals surface area contributed by atoms with Crippen molar-refractivity contribution in [1.82, 2.24) is 24.8 Å².